The summed E-state index contributed by atoms with van der Waals surface area (Å²) in [5.74, 6) is -1.61. The van der Waals surface area contributed by atoms with Gasteiger partial charge in [0.25, 0.3) is 11.8 Å². The van der Waals surface area contributed by atoms with Crippen molar-refractivity contribution >= 4 is 57.0 Å². The largest absolute Gasteiger partial charge is 0.444 e. The van der Waals surface area contributed by atoms with Crippen molar-refractivity contribution in [3.05, 3.63) is 58.1 Å². The summed E-state index contributed by atoms with van der Waals surface area (Å²) in [7, 11) is 0. The zero-order chi connectivity index (χ0) is 26.5. The lowest BCUT2D eigenvalue weighted by molar-refractivity contribution is -0.116. The van der Waals surface area contributed by atoms with Crippen molar-refractivity contribution in [3.63, 3.8) is 0 Å². The Morgan fingerprint density at radius 2 is 1.53 bits per heavy atom. The number of para-hydroxylation sites is 2. The van der Waals surface area contributed by atoms with E-state index in [2.05, 4.69) is 31.9 Å². The third kappa shape index (κ3) is 7.14. The van der Waals surface area contributed by atoms with Gasteiger partial charge in [0.1, 0.15) is 12.1 Å². The number of benzene rings is 2. The van der Waals surface area contributed by atoms with Gasteiger partial charge in [0.2, 0.25) is 11.8 Å². The standard InChI is InChI=1S/C25H27BrN4O6/c1-25(2,3)36-24(35)27-14-21(32)29-19-8-5-4-7-18(19)28-20(31)9-6-12-30-22(33)16-11-10-15(26)13-17(16)23(30)34/h4-5,7-8,10-11,13H,6,9,12,14H2,1-3H3,(H,27,35)(H,28,31)(H,29,32). The highest BCUT2D eigenvalue weighted by Crippen LogP contribution is 2.26. The fraction of sp³-hybridized carbons (Fsp3) is 0.320. The second-order valence-corrected chi connectivity index (χ2v) is 9.97. The van der Waals surface area contributed by atoms with E-state index < -0.39 is 17.6 Å². The monoisotopic (exact) mass is 558 g/mol. The van der Waals surface area contributed by atoms with E-state index in [0.29, 0.717) is 27.0 Å². The molecule has 0 aromatic heterocycles. The minimum absolute atomic E-state index is 0.0551. The molecule has 190 valence electrons. The molecule has 0 aliphatic carbocycles. The van der Waals surface area contributed by atoms with Crippen LogP contribution in [0.3, 0.4) is 0 Å². The maximum absolute atomic E-state index is 12.5. The number of hydrogen-bond donors (Lipinski definition) is 3. The predicted molar refractivity (Wildman–Crippen MR) is 137 cm³/mol. The van der Waals surface area contributed by atoms with Gasteiger partial charge in [-0.1, -0.05) is 28.1 Å². The van der Waals surface area contributed by atoms with E-state index in [9.17, 15) is 24.0 Å². The highest BCUT2D eigenvalue weighted by Gasteiger charge is 2.35. The fourth-order valence-corrected chi connectivity index (χ4v) is 3.80. The highest BCUT2D eigenvalue weighted by molar-refractivity contribution is 9.10. The molecule has 0 spiro atoms. The lowest BCUT2D eigenvalue weighted by atomic mass is 10.1. The summed E-state index contributed by atoms with van der Waals surface area (Å²) in [4.78, 5) is 62.7. The number of anilines is 2. The van der Waals surface area contributed by atoms with Gasteiger partial charge >= 0.3 is 6.09 Å². The number of rotatable bonds is 8. The van der Waals surface area contributed by atoms with Gasteiger partial charge in [-0.25, -0.2) is 4.79 Å². The van der Waals surface area contributed by atoms with E-state index >= 15 is 0 Å². The van der Waals surface area contributed by atoms with Gasteiger partial charge in [0.15, 0.2) is 0 Å². The Balaban J connectivity index is 1.49. The van der Waals surface area contributed by atoms with Crippen molar-refractivity contribution in [3.8, 4) is 0 Å². The van der Waals surface area contributed by atoms with Gasteiger partial charge < -0.3 is 20.7 Å². The van der Waals surface area contributed by atoms with Crippen molar-refractivity contribution < 1.29 is 28.7 Å². The average molecular weight is 559 g/mol. The minimum atomic E-state index is -0.718. The summed E-state index contributed by atoms with van der Waals surface area (Å²) in [5, 5.41) is 7.73. The number of imide groups is 1. The maximum atomic E-state index is 12.5. The van der Waals surface area contributed by atoms with E-state index in [0.717, 1.165) is 4.90 Å². The van der Waals surface area contributed by atoms with Crippen LogP contribution in [0.1, 0.15) is 54.3 Å². The van der Waals surface area contributed by atoms with E-state index in [1.54, 1.807) is 63.2 Å². The van der Waals surface area contributed by atoms with E-state index in [4.69, 9.17) is 4.74 Å². The second-order valence-electron chi connectivity index (χ2n) is 9.05. The first-order valence-corrected chi connectivity index (χ1v) is 12.1. The van der Waals surface area contributed by atoms with Crippen LogP contribution in [0.2, 0.25) is 0 Å². The van der Waals surface area contributed by atoms with Crippen molar-refractivity contribution in [2.24, 2.45) is 0 Å². The first-order chi connectivity index (χ1) is 16.9. The smallest absolute Gasteiger partial charge is 0.408 e. The zero-order valence-electron chi connectivity index (χ0n) is 20.1. The van der Waals surface area contributed by atoms with Crippen LogP contribution < -0.4 is 16.0 Å². The Hall–Kier alpha value is -3.73. The maximum Gasteiger partial charge on any atom is 0.408 e. The molecule has 3 N–H and O–H groups in total. The quantitative estimate of drug-likeness (QED) is 0.420. The first-order valence-electron chi connectivity index (χ1n) is 11.3. The van der Waals surface area contributed by atoms with Crippen LogP contribution >= 0.6 is 15.9 Å². The number of alkyl carbamates (subject to hydrolysis) is 1. The molecule has 0 unspecified atom stereocenters. The van der Waals surface area contributed by atoms with Crippen LogP contribution in [0.15, 0.2) is 46.9 Å². The Labute approximate surface area is 216 Å². The molecule has 0 saturated heterocycles. The molecular formula is C25H27BrN4O6. The molecule has 11 heteroatoms. The fourth-order valence-electron chi connectivity index (χ4n) is 3.44. The topological polar surface area (TPSA) is 134 Å². The second kappa shape index (κ2) is 11.3. The Morgan fingerprint density at radius 3 is 2.17 bits per heavy atom. The van der Waals surface area contributed by atoms with Gasteiger partial charge in [-0.2, -0.15) is 0 Å². The number of fused-ring (bicyclic) bond motifs is 1. The summed E-state index contributed by atoms with van der Waals surface area (Å²) in [6.45, 7) is 4.93. The first kappa shape index (κ1) is 26.9. The molecule has 36 heavy (non-hydrogen) atoms. The number of nitrogens with zero attached hydrogens (tertiary/aromatic N) is 1. The summed E-state index contributed by atoms with van der Waals surface area (Å²) in [6, 6.07) is 11.5. The molecule has 0 radical (unpaired) electrons. The number of nitrogens with one attached hydrogen (secondary N) is 3. The molecule has 2 aromatic rings. The molecule has 1 aliphatic rings. The molecule has 0 atom stereocenters. The van der Waals surface area contributed by atoms with Crippen LogP contribution in [-0.4, -0.2) is 53.3 Å². The summed E-state index contributed by atoms with van der Waals surface area (Å²) in [5.41, 5.74) is 0.725. The van der Waals surface area contributed by atoms with E-state index in [1.165, 1.54) is 0 Å². The number of carbonyl (C=O) groups is 5. The zero-order valence-corrected chi connectivity index (χ0v) is 21.7. The molecule has 0 fully saturated rings. The number of ether oxygens (including phenoxy) is 1. The Kier molecular flexibility index (Phi) is 8.46. The third-order valence-corrected chi connectivity index (χ3v) is 5.48. The van der Waals surface area contributed by atoms with E-state index in [1.807, 2.05) is 0 Å². The lowest BCUT2D eigenvalue weighted by Crippen LogP contribution is -2.37. The highest BCUT2D eigenvalue weighted by atomic mass is 79.9. The van der Waals surface area contributed by atoms with Crippen LogP contribution in [0.5, 0.6) is 0 Å². The summed E-state index contributed by atoms with van der Waals surface area (Å²) < 4.78 is 5.79. The SMILES string of the molecule is CC(C)(C)OC(=O)NCC(=O)Nc1ccccc1NC(=O)CCCN1C(=O)c2ccc(Br)cc2C1=O. The lowest BCUT2D eigenvalue weighted by Gasteiger charge is -2.19. The van der Waals surface area contributed by atoms with Crippen molar-refractivity contribution in [1.82, 2.24) is 10.2 Å². The molecule has 2 aromatic carbocycles. The van der Waals surface area contributed by atoms with Crippen LogP contribution in [0, 0.1) is 0 Å². The molecular weight excluding hydrogens is 532 g/mol. The van der Waals surface area contributed by atoms with Gasteiger partial charge in [-0.05, 0) is 57.5 Å². The molecule has 3 rings (SSSR count). The van der Waals surface area contributed by atoms with Gasteiger partial charge in [-0.15, -0.1) is 0 Å². The number of hydrogen-bond acceptors (Lipinski definition) is 6. The van der Waals surface area contributed by atoms with Crippen LogP contribution in [0.25, 0.3) is 0 Å². The van der Waals surface area contributed by atoms with Gasteiger partial charge in [0.05, 0.1) is 22.5 Å². The molecule has 1 aliphatic heterocycles. The molecule has 5 amide bonds. The van der Waals surface area contributed by atoms with Crippen LogP contribution in [0.4, 0.5) is 16.2 Å². The van der Waals surface area contributed by atoms with Crippen molar-refractivity contribution in [1.29, 1.82) is 0 Å². The minimum Gasteiger partial charge on any atom is -0.444 e. The molecule has 1 heterocycles. The third-order valence-electron chi connectivity index (χ3n) is 4.99. The summed E-state index contributed by atoms with van der Waals surface area (Å²) in [6.07, 6.45) is -0.392. The predicted octanol–water partition coefficient (Wildman–Crippen LogP) is 3.93. The molecule has 10 nitrogen and oxygen atoms in total. The van der Waals surface area contributed by atoms with Gasteiger partial charge in [-0.3, -0.25) is 24.1 Å². The average Bonchev–Trinajstić information content (AvgIpc) is 3.02. The summed E-state index contributed by atoms with van der Waals surface area (Å²) >= 11 is 3.30. The van der Waals surface area contributed by atoms with Gasteiger partial charge in [0, 0.05) is 17.4 Å². The number of halogens is 1. The van der Waals surface area contributed by atoms with Crippen molar-refractivity contribution in [2.45, 2.75) is 39.2 Å². The number of carbonyl (C=O) groups excluding carboxylic acids is 5. The Morgan fingerprint density at radius 1 is 0.917 bits per heavy atom. The van der Waals surface area contributed by atoms with Crippen molar-refractivity contribution in [2.75, 3.05) is 23.7 Å². The molecule has 0 bridgehead atoms. The number of amides is 5. The normalized spacial score (nSPS) is 12.7. The molecule has 0 saturated carbocycles. The van der Waals surface area contributed by atoms with E-state index in [-0.39, 0.29) is 43.7 Å². The Bertz CT molecular complexity index is 1210. The van der Waals surface area contributed by atoms with Crippen LogP contribution in [-0.2, 0) is 14.3 Å².